The molecule has 0 saturated carbocycles. The van der Waals surface area contributed by atoms with Crippen LogP contribution in [0.1, 0.15) is 79.2 Å². The van der Waals surface area contributed by atoms with Gasteiger partial charge >= 0.3 is 12.1 Å². The largest absolute Gasteiger partial charge is 0.459 e. The number of fused-ring (bicyclic) bond motifs is 1. The Hall–Kier alpha value is -4.65. The van der Waals surface area contributed by atoms with Gasteiger partial charge in [0.05, 0.1) is 17.7 Å². The van der Waals surface area contributed by atoms with E-state index in [1.807, 2.05) is 18.2 Å². The summed E-state index contributed by atoms with van der Waals surface area (Å²) in [4.78, 5) is 66.1. The molecule has 0 fully saturated rings. The van der Waals surface area contributed by atoms with Crippen molar-refractivity contribution in [3.05, 3.63) is 71.3 Å². The Bertz CT molecular complexity index is 1360. The van der Waals surface area contributed by atoms with Gasteiger partial charge in [-0.05, 0) is 77.1 Å². The molecular weight excluding hydrogens is 597 g/mol. The average Bonchev–Trinajstić information content (AvgIpc) is 3.25. The van der Waals surface area contributed by atoms with Gasteiger partial charge in [0, 0.05) is 6.54 Å². The molecule has 2 aromatic rings. The molecule has 0 radical (unpaired) electrons. The van der Waals surface area contributed by atoms with Crippen LogP contribution in [0.2, 0.25) is 0 Å². The predicted molar refractivity (Wildman–Crippen MR) is 168 cm³/mol. The van der Waals surface area contributed by atoms with Gasteiger partial charge in [-0.1, -0.05) is 42.5 Å². The minimum atomic E-state index is -1.10. The van der Waals surface area contributed by atoms with Gasteiger partial charge in [-0.15, -0.1) is 0 Å². The number of unbranched alkanes of at least 4 members (excludes halogenated alkanes) is 1. The number of ether oxygens (including phenoxy) is 2. The third-order valence-electron chi connectivity index (χ3n) is 6.97. The molecule has 0 aliphatic carbocycles. The molecule has 2 aromatic carbocycles. The zero-order valence-electron chi connectivity index (χ0n) is 26.4. The summed E-state index contributed by atoms with van der Waals surface area (Å²) in [6.45, 7) is 5.36. The predicted octanol–water partition coefficient (Wildman–Crippen LogP) is 3.89. The first-order valence-corrected chi connectivity index (χ1v) is 15.3. The molecule has 0 spiro atoms. The van der Waals surface area contributed by atoms with Crippen LogP contribution in [0.25, 0.3) is 0 Å². The standard InChI is InChI=1S/C33H42FN5O7/c1-33(2,3)46-32(44)38-25(31(43)45-21-22-12-5-4-6-13-22)16-11-19-37-28(40)26(17-9-10-18-36-20-27(34)35)39-29(41)23-14-7-8-15-24(23)30(39)42/h4-8,12-15,25-26,35-36H,9-11,16-21H2,1-3H3,(H,37,40)(H,38,44). The number of carbonyl (C=O) groups is 5. The summed E-state index contributed by atoms with van der Waals surface area (Å²) in [6.07, 6.45) is 0.694. The molecule has 0 saturated heterocycles. The number of imide groups is 1. The highest BCUT2D eigenvalue weighted by molar-refractivity contribution is 6.22. The molecule has 1 aliphatic heterocycles. The maximum atomic E-state index is 13.4. The summed E-state index contributed by atoms with van der Waals surface area (Å²) in [5.74, 6) is -3.32. The lowest BCUT2D eigenvalue weighted by Gasteiger charge is -2.26. The Morgan fingerprint density at radius 2 is 1.52 bits per heavy atom. The molecule has 0 bridgehead atoms. The second-order valence-electron chi connectivity index (χ2n) is 11.8. The van der Waals surface area contributed by atoms with Gasteiger partial charge in [0.25, 0.3) is 11.8 Å². The Balaban J connectivity index is 1.62. The van der Waals surface area contributed by atoms with Crippen molar-refractivity contribution >= 4 is 35.7 Å². The molecule has 4 N–H and O–H groups in total. The number of amides is 4. The highest BCUT2D eigenvalue weighted by Gasteiger charge is 2.42. The number of halogens is 1. The summed E-state index contributed by atoms with van der Waals surface area (Å²) in [7, 11) is 0. The Morgan fingerprint density at radius 3 is 2.13 bits per heavy atom. The van der Waals surface area contributed by atoms with Crippen LogP contribution in [0.4, 0.5) is 9.18 Å². The number of nitrogens with one attached hydrogen (secondary N) is 4. The lowest BCUT2D eigenvalue weighted by Crippen LogP contribution is -2.50. The third-order valence-corrected chi connectivity index (χ3v) is 6.97. The SMILES string of the molecule is CC(C)(C)OC(=O)NC(CCCNC(=O)C(CCCCNCC(=N)F)N1C(=O)c2ccccc2C1=O)C(=O)OCc1ccccc1. The van der Waals surface area contributed by atoms with Crippen molar-refractivity contribution in [2.24, 2.45) is 0 Å². The van der Waals surface area contributed by atoms with Crippen LogP contribution >= 0.6 is 0 Å². The van der Waals surface area contributed by atoms with E-state index in [1.54, 1.807) is 45.0 Å². The van der Waals surface area contributed by atoms with E-state index in [0.717, 1.165) is 10.5 Å². The molecule has 2 atom stereocenters. The van der Waals surface area contributed by atoms with E-state index in [-0.39, 0.29) is 50.1 Å². The van der Waals surface area contributed by atoms with E-state index in [2.05, 4.69) is 16.0 Å². The second kappa shape index (κ2) is 17.2. The summed E-state index contributed by atoms with van der Waals surface area (Å²) >= 11 is 0. The minimum Gasteiger partial charge on any atom is -0.459 e. The number of benzene rings is 2. The molecule has 46 heavy (non-hydrogen) atoms. The maximum Gasteiger partial charge on any atom is 0.408 e. The van der Waals surface area contributed by atoms with Crippen molar-refractivity contribution in [3.8, 4) is 0 Å². The topological polar surface area (TPSA) is 167 Å². The summed E-state index contributed by atoms with van der Waals surface area (Å²) in [5, 5.41) is 14.9. The Kier molecular flexibility index (Phi) is 13.4. The number of carbonyl (C=O) groups excluding carboxylic acids is 5. The van der Waals surface area contributed by atoms with Crippen molar-refractivity contribution < 1.29 is 37.8 Å². The quantitative estimate of drug-likeness (QED) is 0.0876. The van der Waals surface area contributed by atoms with Crippen molar-refractivity contribution in [3.63, 3.8) is 0 Å². The normalized spacial score (nSPS) is 13.9. The van der Waals surface area contributed by atoms with Gasteiger partial charge in [-0.25, -0.2) is 9.59 Å². The Morgan fingerprint density at radius 1 is 0.891 bits per heavy atom. The maximum absolute atomic E-state index is 13.4. The smallest absolute Gasteiger partial charge is 0.408 e. The molecule has 248 valence electrons. The number of nitrogens with zero attached hydrogens (tertiary/aromatic N) is 1. The molecule has 2 unspecified atom stereocenters. The van der Waals surface area contributed by atoms with E-state index < -0.39 is 53.4 Å². The van der Waals surface area contributed by atoms with E-state index >= 15 is 0 Å². The van der Waals surface area contributed by atoms with Crippen LogP contribution in [0, 0.1) is 5.41 Å². The number of hydrogen-bond acceptors (Lipinski definition) is 9. The molecule has 1 heterocycles. The number of esters is 1. The highest BCUT2D eigenvalue weighted by Crippen LogP contribution is 2.26. The zero-order valence-corrected chi connectivity index (χ0v) is 26.4. The molecule has 1 aliphatic rings. The van der Waals surface area contributed by atoms with Crippen LogP contribution in [-0.2, 0) is 25.7 Å². The van der Waals surface area contributed by atoms with Gasteiger partial charge in [0.1, 0.15) is 24.3 Å². The first kappa shape index (κ1) is 35.8. The monoisotopic (exact) mass is 639 g/mol. The van der Waals surface area contributed by atoms with Gasteiger partial charge in [-0.2, -0.15) is 4.39 Å². The molecular formula is C33H42FN5O7. The van der Waals surface area contributed by atoms with E-state index in [1.165, 1.54) is 12.1 Å². The molecule has 13 heteroatoms. The molecule has 3 rings (SSSR count). The summed E-state index contributed by atoms with van der Waals surface area (Å²) in [5.41, 5.74) is 0.426. The molecule has 12 nitrogen and oxygen atoms in total. The van der Waals surface area contributed by atoms with Crippen LogP contribution in [0.3, 0.4) is 0 Å². The van der Waals surface area contributed by atoms with Gasteiger partial charge in [0.2, 0.25) is 5.91 Å². The van der Waals surface area contributed by atoms with E-state index in [9.17, 15) is 28.4 Å². The van der Waals surface area contributed by atoms with Crippen molar-refractivity contribution in [2.75, 3.05) is 19.6 Å². The van der Waals surface area contributed by atoms with Gasteiger partial charge in [0.15, 0.2) is 5.97 Å². The lowest BCUT2D eigenvalue weighted by molar-refractivity contribution is -0.147. The van der Waals surface area contributed by atoms with Crippen LogP contribution in [0.5, 0.6) is 0 Å². The number of alkyl carbamates (subject to hydrolysis) is 1. The van der Waals surface area contributed by atoms with E-state index in [4.69, 9.17) is 14.9 Å². The fourth-order valence-corrected chi connectivity index (χ4v) is 4.82. The Labute approximate surface area is 267 Å². The van der Waals surface area contributed by atoms with Crippen molar-refractivity contribution in [1.82, 2.24) is 20.9 Å². The second-order valence-corrected chi connectivity index (χ2v) is 11.8. The summed E-state index contributed by atoms with van der Waals surface area (Å²) in [6, 6.07) is 13.3. The zero-order chi connectivity index (χ0) is 33.7. The van der Waals surface area contributed by atoms with Crippen LogP contribution < -0.4 is 16.0 Å². The fourth-order valence-electron chi connectivity index (χ4n) is 4.82. The third kappa shape index (κ3) is 11.1. The average molecular weight is 640 g/mol. The minimum absolute atomic E-state index is 0.0106. The molecule has 4 amide bonds. The highest BCUT2D eigenvalue weighted by atomic mass is 19.1. The van der Waals surface area contributed by atoms with Crippen LogP contribution in [0.15, 0.2) is 54.6 Å². The first-order valence-electron chi connectivity index (χ1n) is 15.3. The number of hydrogen-bond donors (Lipinski definition) is 4. The van der Waals surface area contributed by atoms with Gasteiger partial charge in [-0.3, -0.25) is 24.7 Å². The lowest BCUT2D eigenvalue weighted by atomic mass is 10.1. The molecule has 0 aromatic heterocycles. The van der Waals surface area contributed by atoms with Gasteiger partial charge < -0.3 is 25.4 Å². The fraction of sp³-hybridized carbons (Fsp3) is 0.455. The van der Waals surface area contributed by atoms with E-state index in [0.29, 0.717) is 19.4 Å². The first-order chi connectivity index (χ1) is 21.9. The summed E-state index contributed by atoms with van der Waals surface area (Å²) < 4.78 is 23.4. The van der Waals surface area contributed by atoms with Crippen LogP contribution in [-0.4, -0.2) is 78.0 Å². The van der Waals surface area contributed by atoms with Crippen molar-refractivity contribution in [2.45, 2.75) is 77.2 Å². The number of rotatable bonds is 17. The van der Waals surface area contributed by atoms with Crippen molar-refractivity contribution in [1.29, 1.82) is 5.41 Å².